The number of amides is 1. The molecule has 0 saturated carbocycles. The number of hydrogen-bond acceptors (Lipinski definition) is 6. The fourth-order valence-electron chi connectivity index (χ4n) is 1.89. The van der Waals surface area contributed by atoms with Crippen molar-refractivity contribution in [3.05, 3.63) is 60.7 Å². The summed E-state index contributed by atoms with van der Waals surface area (Å²) < 4.78 is 50.6. The lowest BCUT2D eigenvalue weighted by Gasteiger charge is -2.10. The third kappa shape index (κ3) is 4.72. The van der Waals surface area contributed by atoms with Crippen molar-refractivity contribution in [1.29, 1.82) is 0 Å². The highest BCUT2D eigenvalue weighted by atomic mass is 19.4. The fourth-order valence-corrected chi connectivity index (χ4v) is 1.89. The molecule has 2 aromatic heterocycles. The molecule has 0 aliphatic carbocycles. The van der Waals surface area contributed by atoms with E-state index in [1.54, 1.807) is 0 Å². The highest BCUT2D eigenvalue weighted by molar-refractivity contribution is 6.01. The van der Waals surface area contributed by atoms with E-state index >= 15 is 0 Å². The molecule has 1 aromatic carbocycles. The van der Waals surface area contributed by atoms with Gasteiger partial charge in [0, 0.05) is 12.3 Å². The summed E-state index contributed by atoms with van der Waals surface area (Å²) in [4.78, 5) is 19.7. The molecule has 0 spiro atoms. The van der Waals surface area contributed by atoms with E-state index in [2.05, 4.69) is 20.0 Å². The third-order valence-electron chi connectivity index (χ3n) is 2.91. The lowest BCUT2D eigenvalue weighted by Crippen LogP contribution is -2.16. The van der Waals surface area contributed by atoms with Gasteiger partial charge in [0.05, 0.1) is 6.20 Å². The normalized spacial score (nSPS) is 11.0. The summed E-state index contributed by atoms with van der Waals surface area (Å²) in [5.74, 6) is -0.413. The molecule has 1 N–H and O–H groups in total. The number of alkyl halides is 3. The molecule has 0 atom stereocenters. The van der Waals surface area contributed by atoms with Gasteiger partial charge in [-0.2, -0.15) is 0 Å². The summed E-state index contributed by atoms with van der Waals surface area (Å²) in [5.41, 5.74) is 0.0396. The molecular weight excluding hydrogens is 355 g/mol. The van der Waals surface area contributed by atoms with Crippen LogP contribution in [0.2, 0.25) is 0 Å². The predicted molar refractivity (Wildman–Crippen MR) is 81.9 cm³/mol. The summed E-state index contributed by atoms with van der Waals surface area (Å²) in [6.07, 6.45) is -0.747. The molecular formula is C16H10F3N3O4. The lowest BCUT2D eigenvalue weighted by molar-refractivity contribution is -0.274. The molecule has 0 aliphatic heterocycles. The standard InChI is InChI=1S/C16H10F3N3O4/c17-16(18,19)26-11-3-1-10(2-4-11)25-12-5-6-20-13(9-12)14(23)22-15-21-7-8-24-15/h1-9H,(H,21,22,23). The van der Waals surface area contributed by atoms with Gasteiger partial charge in [-0.25, -0.2) is 4.98 Å². The monoisotopic (exact) mass is 365 g/mol. The number of benzene rings is 1. The minimum Gasteiger partial charge on any atom is -0.457 e. The number of oxazole rings is 1. The fraction of sp³-hybridized carbons (Fsp3) is 0.0625. The maximum absolute atomic E-state index is 12.1. The summed E-state index contributed by atoms with van der Waals surface area (Å²) in [6, 6.07) is 7.69. The first-order chi connectivity index (χ1) is 12.4. The van der Waals surface area contributed by atoms with Gasteiger partial charge in [0.25, 0.3) is 5.91 Å². The van der Waals surface area contributed by atoms with Gasteiger partial charge < -0.3 is 13.9 Å². The van der Waals surface area contributed by atoms with E-state index in [0.29, 0.717) is 0 Å². The maximum Gasteiger partial charge on any atom is 0.573 e. The maximum atomic E-state index is 12.1. The number of hydrogen-bond donors (Lipinski definition) is 1. The first-order valence-corrected chi connectivity index (χ1v) is 7.10. The molecule has 2 heterocycles. The van der Waals surface area contributed by atoms with Gasteiger partial charge in [-0.15, -0.1) is 13.2 Å². The number of ether oxygens (including phenoxy) is 2. The van der Waals surface area contributed by atoms with Crippen molar-refractivity contribution >= 4 is 11.9 Å². The Hall–Kier alpha value is -3.56. The van der Waals surface area contributed by atoms with Crippen LogP contribution in [0.1, 0.15) is 10.5 Å². The van der Waals surface area contributed by atoms with Gasteiger partial charge in [0.15, 0.2) is 0 Å². The summed E-state index contributed by atoms with van der Waals surface area (Å²) in [6.45, 7) is 0. The second-order valence-corrected chi connectivity index (χ2v) is 4.79. The van der Waals surface area contributed by atoms with Gasteiger partial charge in [0.2, 0.25) is 0 Å². The van der Waals surface area contributed by atoms with Crippen LogP contribution in [0.3, 0.4) is 0 Å². The number of halogens is 3. The van der Waals surface area contributed by atoms with Crippen LogP contribution in [0, 0.1) is 0 Å². The van der Waals surface area contributed by atoms with Gasteiger partial charge in [-0.1, -0.05) is 0 Å². The van der Waals surface area contributed by atoms with E-state index in [4.69, 9.17) is 9.15 Å². The Kier molecular flexibility index (Phi) is 4.74. The van der Waals surface area contributed by atoms with Crippen LogP contribution in [-0.4, -0.2) is 22.2 Å². The van der Waals surface area contributed by atoms with Crippen molar-refractivity contribution in [2.24, 2.45) is 0 Å². The van der Waals surface area contributed by atoms with Crippen molar-refractivity contribution in [1.82, 2.24) is 9.97 Å². The second-order valence-electron chi connectivity index (χ2n) is 4.79. The molecule has 3 aromatic rings. The van der Waals surface area contributed by atoms with Crippen molar-refractivity contribution in [3.8, 4) is 17.2 Å². The number of carbonyl (C=O) groups excluding carboxylic acids is 1. The van der Waals surface area contributed by atoms with Crippen molar-refractivity contribution < 1.29 is 31.9 Å². The zero-order valence-electron chi connectivity index (χ0n) is 12.9. The molecule has 0 bridgehead atoms. The van der Waals surface area contributed by atoms with Gasteiger partial charge in [0.1, 0.15) is 29.2 Å². The lowest BCUT2D eigenvalue weighted by atomic mass is 10.3. The van der Waals surface area contributed by atoms with Gasteiger partial charge in [-0.05, 0) is 30.3 Å². The molecule has 26 heavy (non-hydrogen) atoms. The number of anilines is 1. The number of carbonyl (C=O) groups is 1. The molecule has 0 radical (unpaired) electrons. The SMILES string of the molecule is O=C(Nc1ncco1)c1cc(Oc2ccc(OC(F)(F)F)cc2)ccn1. The number of pyridine rings is 1. The number of nitrogens with zero attached hydrogens (tertiary/aromatic N) is 2. The molecule has 7 nitrogen and oxygen atoms in total. The minimum absolute atomic E-state index is 0.0170. The number of aromatic nitrogens is 2. The molecule has 0 unspecified atom stereocenters. The first-order valence-electron chi connectivity index (χ1n) is 7.10. The third-order valence-corrected chi connectivity index (χ3v) is 2.91. The Morgan fingerprint density at radius 1 is 1.00 bits per heavy atom. The molecule has 134 valence electrons. The Morgan fingerprint density at radius 2 is 1.73 bits per heavy atom. The Labute approximate surface area is 144 Å². The summed E-state index contributed by atoms with van der Waals surface area (Å²) in [5, 5.41) is 2.40. The van der Waals surface area contributed by atoms with E-state index < -0.39 is 12.3 Å². The van der Waals surface area contributed by atoms with E-state index in [9.17, 15) is 18.0 Å². The molecule has 10 heteroatoms. The van der Waals surface area contributed by atoms with Crippen LogP contribution >= 0.6 is 0 Å². The van der Waals surface area contributed by atoms with Gasteiger partial charge >= 0.3 is 12.4 Å². The zero-order valence-corrected chi connectivity index (χ0v) is 12.9. The molecule has 0 fully saturated rings. The Bertz CT molecular complexity index is 881. The minimum atomic E-state index is -4.77. The highest BCUT2D eigenvalue weighted by Gasteiger charge is 2.31. The van der Waals surface area contributed by atoms with E-state index in [1.165, 1.54) is 42.9 Å². The average molecular weight is 365 g/mol. The Balaban J connectivity index is 1.67. The van der Waals surface area contributed by atoms with Crippen LogP contribution < -0.4 is 14.8 Å². The van der Waals surface area contributed by atoms with E-state index in [0.717, 1.165) is 12.1 Å². The molecule has 0 aliphatic rings. The highest BCUT2D eigenvalue weighted by Crippen LogP contribution is 2.27. The predicted octanol–water partition coefficient (Wildman–Crippen LogP) is 4.01. The second kappa shape index (κ2) is 7.13. The number of rotatable bonds is 5. The van der Waals surface area contributed by atoms with Crippen LogP contribution in [-0.2, 0) is 0 Å². The van der Waals surface area contributed by atoms with Gasteiger partial charge in [-0.3, -0.25) is 15.1 Å². The quantitative estimate of drug-likeness (QED) is 0.735. The van der Waals surface area contributed by atoms with Crippen molar-refractivity contribution in [3.63, 3.8) is 0 Å². The first kappa shape index (κ1) is 17.3. The van der Waals surface area contributed by atoms with E-state index in [1.807, 2.05) is 0 Å². The average Bonchev–Trinajstić information content (AvgIpc) is 3.08. The number of nitrogens with one attached hydrogen (secondary N) is 1. The Morgan fingerprint density at radius 3 is 2.38 bits per heavy atom. The molecule has 1 amide bonds. The molecule has 3 rings (SSSR count). The van der Waals surface area contributed by atoms with Crippen LogP contribution in [0.5, 0.6) is 17.2 Å². The topological polar surface area (TPSA) is 86.5 Å². The van der Waals surface area contributed by atoms with E-state index in [-0.39, 0.29) is 29.0 Å². The summed E-state index contributed by atoms with van der Waals surface area (Å²) >= 11 is 0. The van der Waals surface area contributed by atoms with Crippen molar-refractivity contribution in [2.45, 2.75) is 6.36 Å². The largest absolute Gasteiger partial charge is 0.573 e. The van der Waals surface area contributed by atoms with Crippen LogP contribution in [0.25, 0.3) is 0 Å². The zero-order chi connectivity index (χ0) is 18.6. The molecule has 0 saturated heterocycles. The van der Waals surface area contributed by atoms with Crippen LogP contribution in [0.4, 0.5) is 19.2 Å². The smallest absolute Gasteiger partial charge is 0.457 e. The van der Waals surface area contributed by atoms with Crippen molar-refractivity contribution in [2.75, 3.05) is 5.32 Å². The van der Waals surface area contributed by atoms with Crippen LogP contribution in [0.15, 0.2) is 59.5 Å². The summed E-state index contributed by atoms with van der Waals surface area (Å²) in [7, 11) is 0.